The third-order valence-electron chi connectivity index (χ3n) is 2.92. The summed E-state index contributed by atoms with van der Waals surface area (Å²) in [6.07, 6.45) is 2.85. The highest BCUT2D eigenvalue weighted by Crippen LogP contribution is 2.22. The molecule has 0 radical (unpaired) electrons. The third-order valence-corrected chi connectivity index (χ3v) is 2.92. The van der Waals surface area contributed by atoms with Crippen molar-refractivity contribution >= 4 is 5.97 Å². The maximum atomic E-state index is 10.9. The van der Waals surface area contributed by atoms with E-state index in [-0.39, 0.29) is 0 Å². The molecular formula is C14H15NO2. The highest BCUT2D eigenvalue weighted by Gasteiger charge is 2.10. The first-order valence-electron chi connectivity index (χ1n) is 5.60. The Morgan fingerprint density at radius 2 is 1.88 bits per heavy atom. The molecule has 1 N–H and O–H groups in total. The SMILES string of the molecule is CCc1ccc(-c2cc(C(=O)O)n(C)c2)cc1. The number of benzene rings is 1. The predicted molar refractivity (Wildman–Crippen MR) is 67.2 cm³/mol. The van der Waals surface area contributed by atoms with Crippen molar-refractivity contribution in [2.75, 3.05) is 0 Å². The molecule has 0 aliphatic heterocycles. The molecule has 0 aliphatic rings. The number of aromatic nitrogens is 1. The molecule has 0 bridgehead atoms. The molecule has 0 saturated carbocycles. The summed E-state index contributed by atoms with van der Waals surface area (Å²) in [5, 5.41) is 8.99. The number of aryl methyl sites for hydroxylation is 2. The van der Waals surface area contributed by atoms with Crippen LogP contribution in [0.2, 0.25) is 0 Å². The Morgan fingerprint density at radius 1 is 1.24 bits per heavy atom. The molecule has 3 nitrogen and oxygen atoms in total. The Balaban J connectivity index is 2.39. The van der Waals surface area contributed by atoms with Crippen LogP contribution in [-0.4, -0.2) is 15.6 Å². The fraction of sp³-hybridized carbons (Fsp3) is 0.214. The zero-order valence-electron chi connectivity index (χ0n) is 9.97. The minimum atomic E-state index is -0.899. The van der Waals surface area contributed by atoms with Gasteiger partial charge in [0, 0.05) is 18.8 Å². The number of rotatable bonds is 3. The highest BCUT2D eigenvalue weighted by molar-refractivity contribution is 5.88. The average Bonchev–Trinajstić information content (AvgIpc) is 2.71. The standard InChI is InChI=1S/C14H15NO2/c1-3-10-4-6-11(7-5-10)12-8-13(14(16)17)15(2)9-12/h4-9H,3H2,1-2H3,(H,16,17). The van der Waals surface area contributed by atoms with Crippen LogP contribution in [0.3, 0.4) is 0 Å². The van der Waals surface area contributed by atoms with Gasteiger partial charge in [0.1, 0.15) is 5.69 Å². The molecule has 2 aromatic rings. The second-order valence-corrected chi connectivity index (χ2v) is 4.08. The molecule has 0 atom stereocenters. The van der Waals surface area contributed by atoms with Gasteiger partial charge in [0.15, 0.2) is 0 Å². The van der Waals surface area contributed by atoms with Gasteiger partial charge in [-0.2, -0.15) is 0 Å². The number of carboxylic acids is 1. The molecule has 1 heterocycles. The van der Waals surface area contributed by atoms with Crippen LogP contribution in [-0.2, 0) is 13.5 Å². The van der Waals surface area contributed by atoms with Crippen LogP contribution in [0.15, 0.2) is 36.5 Å². The first kappa shape index (κ1) is 11.5. The number of nitrogens with zero attached hydrogens (tertiary/aromatic N) is 1. The fourth-order valence-corrected chi connectivity index (χ4v) is 1.87. The van der Waals surface area contributed by atoms with Crippen LogP contribution < -0.4 is 0 Å². The van der Waals surface area contributed by atoms with Gasteiger partial charge < -0.3 is 9.67 Å². The molecular weight excluding hydrogens is 214 g/mol. The minimum Gasteiger partial charge on any atom is -0.477 e. The minimum absolute atomic E-state index is 0.305. The molecule has 0 amide bonds. The zero-order chi connectivity index (χ0) is 12.4. The lowest BCUT2D eigenvalue weighted by molar-refractivity contribution is 0.0686. The van der Waals surface area contributed by atoms with Crippen LogP contribution in [0.4, 0.5) is 0 Å². The van der Waals surface area contributed by atoms with Crippen molar-refractivity contribution in [2.24, 2.45) is 7.05 Å². The van der Waals surface area contributed by atoms with Crippen LogP contribution in [0.25, 0.3) is 11.1 Å². The lowest BCUT2D eigenvalue weighted by Gasteiger charge is -1.99. The molecule has 0 aliphatic carbocycles. The summed E-state index contributed by atoms with van der Waals surface area (Å²) < 4.78 is 1.63. The van der Waals surface area contributed by atoms with Crippen molar-refractivity contribution in [1.82, 2.24) is 4.57 Å². The Morgan fingerprint density at radius 3 is 2.35 bits per heavy atom. The van der Waals surface area contributed by atoms with Gasteiger partial charge in [-0.3, -0.25) is 0 Å². The van der Waals surface area contributed by atoms with Gasteiger partial charge in [-0.15, -0.1) is 0 Å². The summed E-state index contributed by atoms with van der Waals surface area (Å²) >= 11 is 0. The summed E-state index contributed by atoms with van der Waals surface area (Å²) in [6, 6.07) is 9.90. The summed E-state index contributed by atoms with van der Waals surface area (Å²) in [6.45, 7) is 2.11. The van der Waals surface area contributed by atoms with Gasteiger partial charge in [0.2, 0.25) is 0 Å². The maximum absolute atomic E-state index is 10.9. The average molecular weight is 229 g/mol. The van der Waals surface area contributed by atoms with Gasteiger partial charge in [-0.25, -0.2) is 4.79 Å². The Labute approximate surface area is 100 Å². The van der Waals surface area contributed by atoms with Gasteiger partial charge in [-0.05, 0) is 23.6 Å². The van der Waals surface area contributed by atoms with Crippen molar-refractivity contribution in [3.05, 3.63) is 47.8 Å². The number of hydrogen-bond acceptors (Lipinski definition) is 1. The van der Waals surface area contributed by atoms with Crippen molar-refractivity contribution in [3.8, 4) is 11.1 Å². The van der Waals surface area contributed by atoms with E-state index in [2.05, 4.69) is 19.1 Å². The van der Waals surface area contributed by atoms with Gasteiger partial charge >= 0.3 is 5.97 Å². The summed E-state index contributed by atoms with van der Waals surface area (Å²) in [4.78, 5) is 10.9. The molecule has 0 unspecified atom stereocenters. The maximum Gasteiger partial charge on any atom is 0.352 e. The third kappa shape index (κ3) is 2.23. The van der Waals surface area contributed by atoms with Crippen molar-refractivity contribution in [3.63, 3.8) is 0 Å². The van der Waals surface area contributed by atoms with E-state index < -0.39 is 5.97 Å². The Kier molecular flexibility index (Phi) is 3.00. The Bertz CT molecular complexity index is 538. The smallest absolute Gasteiger partial charge is 0.352 e. The normalized spacial score (nSPS) is 10.5. The number of aromatic carboxylic acids is 1. The molecule has 0 saturated heterocycles. The first-order chi connectivity index (χ1) is 8.11. The van der Waals surface area contributed by atoms with E-state index in [0.29, 0.717) is 5.69 Å². The molecule has 2 rings (SSSR count). The first-order valence-corrected chi connectivity index (χ1v) is 5.60. The molecule has 17 heavy (non-hydrogen) atoms. The summed E-state index contributed by atoms with van der Waals surface area (Å²) in [5.41, 5.74) is 3.57. The molecule has 0 spiro atoms. The van der Waals surface area contributed by atoms with Gasteiger partial charge in [0.05, 0.1) is 0 Å². The van der Waals surface area contributed by atoms with Crippen LogP contribution in [0.1, 0.15) is 23.0 Å². The topological polar surface area (TPSA) is 42.2 Å². The van der Waals surface area contributed by atoms with Crippen LogP contribution >= 0.6 is 0 Å². The molecule has 0 fully saturated rings. The monoisotopic (exact) mass is 229 g/mol. The van der Waals surface area contributed by atoms with Crippen LogP contribution in [0, 0.1) is 0 Å². The highest BCUT2D eigenvalue weighted by atomic mass is 16.4. The molecule has 3 heteroatoms. The molecule has 88 valence electrons. The van der Waals surface area contributed by atoms with E-state index in [1.165, 1.54) is 5.56 Å². The van der Waals surface area contributed by atoms with Gasteiger partial charge in [-0.1, -0.05) is 31.2 Å². The second-order valence-electron chi connectivity index (χ2n) is 4.08. The van der Waals surface area contributed by atoms with Crippen LogP contribution in [0.5, 0.6) is 0 Å². The van der Waals surface area contributed by atoms with E-state index in [4.69, 9.17) is 5.11 Å². The zero-order valence-corrected chi connectivity index (χ0v) is 9.97. The van der Waals surface area contributed by atoms with E-state index in [1.807, 2.05) is 18.3 Å². The fourth-order valence-electron chi connectivity index (χ4n) is 1.87. The van der Waals surface area contributed by atoms with E-state index in [0.717, 1.165) is 17.5 Å². The van der Waals surface area contributed by atoms with E-state index in [1.54, 1.807) is 17.7 Å². The van der Waals surface area contributed by atoms with E-state index >= 15 is 0 Å². The quantitative estimate of drug-likeness (QED) is 0.879. The molecule has 1 aromatic heterocycles. The second kappa shape index (κ2) is 4.45. The number of hydrogen-bond donors (Lipinski definition) is 1. The summed E-state index contributed by atoms with van der Waals surface area (Å²) in [5.74, 6) is -0.899. The van der Waals surface area contributed by atoms with Crippen molar-refractivity contribution < 1.29 is 9.90 Å². The predicted octanol–water partition coefficient (Wildman–Crippen LogP) is 2.95. The van der Waals surface area contributed by atoms with E-state index in [9.17, 15) is 4.79 Å². The number of carboxylic acid groups (broad SMARTS) is 1. The van der Waals surface area contributed by atoms with Crippen molar-refractivity contribution in [1.29, 1.82) is 0 Å². The van der Waals surface area contributed by atoms with Gasteiger partial charge in [0.25, 0.3) is 0 Å². The molecule has 1 aromatic carbocycles. The largest absolute Gasteiger partial charge is 0.477 e. The number of carbonyl (C=O) groups is 1. The lowest BCUT2D eigenvalue weighted by Crippen LogP contribution is -2.02. The lowest BCUT2D eigenvalue weighted by atomic mass is 10.1. The summed E-state index contributed by atoms with van der Waals surface area (Å²) in [7, 11) is 1.74. The van der Waals surface area contributed by atoms with Crippen molar-refractivity contribution in [2.45, 2.75) is 13.3 Å². The Hall–Kier alpha value is -2.03.